The molecule has 4 nitrogen and oxygen atoms in total. The Labute approximate surface area is 103 Å². The molecular formula is C13H22N4+2. The van der Waals surface area contributed by atoms with Gasteiger partial charge in [-0.15, -0.1) is 0 Å². The van der Waals surface area contributed by atoms with Gasteiger partial charge in [-0.25, -0.2) is 18.3 Å². The van der Waals surface area contributed by atoms with E-state index in [0.717, 1.165) is 6.54 Å². The van der Waals surface area contributed by atoms with Gasteiger partial charge in [0.25, 0.3) is 0 Å². The van der Waals surface area contributed by atoms with Crippen LogP contribution in [0, 0.1) is 0 Å². The Bertz CT molecular complexity index is 488. The van der Waals surface area contributed by atoms with Crippen molar-refractivity contribution < 1.29 is 9.13 Å². The minimum Gasteiger partial charge on any atom is -0.226 e. The molecule has 0 aliphatic carbocycles. The van der Waals surface area contributed by atoms with Crippen LogP contribution >= 0.6 is 0 Å². The third kappa shape index (κ3) is 2.12. The van der Waals surface area contributed by atoms with Crippen molar-refractivity contribution in [2.24, 2.45) is 21.1 Å². The second-order valence-corrected chi connectivity index (χ2v) is 4.62. The van der Waals surface area contributed by atoms with E-state index in [4.69, 9.17) is 0 Å². The van der Waals surface area contributed by atoms with Crippen molar-refractivity contribution in [1.29, 1.82) is 0 Å². The van der Waals surface area contributed by atoms with Gasteiger partial charge in [0, 0.05) is 0 Å². The molecule has 2 aromatic heterocycles. The van der Waals surface area contributed by atoms with Crippen LogP contribution in [0.3, 0.4) is 0 Å². The Balaban J connectivity index is 2.47. The van der Waals surface area contributed by atoms with Gasteiger partial charge >= 0.3 is 11.6 Å². The number of nitrogens with zero attached hydrogens (tertiary/aromatic N) is 4. The second kappa shape index (κ2) is 4.73. The number of imidazole rings is 2. The average Bonchev–Trinajstić information content (AvgIpc) is 2.81. The van der Waals surface area contributed by atoms with Gasteiger partial charge in [0.15, 0.2) is 0 Å². The summed E-state index contributed by atoms with van der Waals surface area (Å²) in [5.74, 6) is 2.49. The van der Waals surface area contributed by atoms with Gasteiger partial charge in [-0.2, -0.15) is 0 Å². The molecule has 0 spiro atoms. The van der Waals surface area contributed by atoms with Gasteiger partial charge < -0.3 is 0 Å². The maximum absolute atomic E-state index is 2.33. The summed E-state index contributed by atoms with van der Waals surface area (Å²) in [6.07, 6.45) is 10.9. The molecule has 0 aliphatic heterocycles. The van der Waals surface area contributed by atoms with E-state index in [2.05, 4.69) is 71.1 Å². The molecule has 0 unspecified atom stereocenters. The molecule has 0 saturated carbocycles. The molecule has 0 aromatic carbocycles. The molecule has 0 fully saturated rings. The van der Waals surface area contributed by atoms with Crippen LogP contribution in [-0.4, -0.2) is 9.13 Å². The Morgan fingerprint density at radius 1 is 1.06 bits per heavy atom. The molecule has 2 rings (SSSR count). The van der Waals surface area contributed by atoms with Gasteiger partial charge in [0.1, 0.15) is 24.8 Å². The number of rotatable bonds is 4. The Morgan fingerprint density at radius 3 is 2.29 bits per heavy atom. The minimum atomic E-state index is 1.08. The fourth-order valence-corrected chi connectivity index (χ4v) is 2.22. The van der Waals surface area contributed by atoms with Crippen molar-refractivity contribution in [1.82, 2.24) is 9.13 Å². The minimum absolute atomic E-state index is 1.08. The molecule has 0 bridgehead atoms. The Kier molecular flexibility index (Phi) is 3.31. The first kappa shape index (κ1) is 11.9. The van der Waals surface area contributed by atoms with Crippen LogP contribution < -0.4 is 9.13 Å². The maximum atomic E-state index is 2.33. The van der Waals surface area contributed by atoms with Gasteiger partial charge in [0.05, 0.1) is 27.7 Å². The van der Waals surface area contributed by atoms with Gasteiger partial charge in [0.2, 0.25) is 0 Å². The molecule has 0 aliphatic rings. The predicted octanol–water partition coefficient (Wildman–Crippen LogP) is 0.943. The molecular weight excluding hydrogens is 212 g/mol. The van der Waals surface area contributed by atoms with Crippen LogP contribution in [0.1, 0.15) is 19.8 Å². The summed E-state index contributed by atoms with van der Waals surface area (Å²) < 4.78 is 8.85. The topological polar surface area (TPSA) is 17.6 Å². The molecule has 0 N–H and O–H groups in total. The highest BCUT2D eigenvalue weighted by Gasteiger charge is 2.28. The number of aromatic nitrogens is 4. The number of unbranched alkanes of at least 4 members (excludes halogenated alkanes) is 1. The molecule has 0 saturated heterocycles. The average molecular weight is 234 g/mol. The van der Waals surface area contributed by atoms with E-state index < -0.39 is 0 Å². The summed E-state index contributed by atoms with van der Waals surface area (Å²) in [6, 6.07) is 0. The number of hydrogen-bond donors (Lipinski definition) is 0. The van der Waals surface area contributed by atoms with Crippen molar-refractivity contribution in [2.45, 2.75) is 26.3 Å². The monoisotopic (exact) mass is 234 g/mol. The van der Waals surface area contributed by atoms with Crippen LogP contribution in [0.15, 0.2) is 24.8 Å². The largest absolute Gasteiger partial charge is 0.373 e. The zero-order chi connectivity index (χ0) is 12.4. The van der Waals surface area contributed by atoms with E-state index in [-0.39, 0.29) is 0 Å². The quantitative estimate of drug-likeness (QED) is 0.701. The summed E-state index contributed by atoms with van der Waals surface area (Å²) in [4.78, 5) is 0. The van der Waals surface area contributed by atoms with Gasteiger partial charge in [-0.05, 0) is 6.42 Å². The van der Waals surface area contributed by atoms with Crippen LogP contribution in [0.25, 0.3) is 11.6 Å². The summed E-state index contributed by atoms with van der Waals surface area (Å²) in [5.41, 5.74) is 0. The van der Waals surface area contributed by atoms with E-state index in [0.29, 0.717) is 0 Å². The lowest BCUT2D eigenvalue weighted by Crippen LogP contribution is -2.38. The van der Waals surface area contributed by atoms with Crippen molar-refractivity contribution in [3.63, 3.8) is 0 Å². The number of aryl methyl sites for hydroxylation is 4. The normalized spacial score (nSPS) is 11.1. The van der Waals surface area contributed by atoms with E-state index in [9.17, 15) is 0 Å². The lowest BCUT2D eigenvalue weighted by atomic mass is 10.3. The zero-order valence-electron chi connectivity index (χ0n) is 11.2. The third-order valence-corrected chi connectivity index (χ3v) is 3.21. The lowest BCUT2D eigenvalue weighted by molar-refractivity contribution is -0.690. The van der Waals surface area contributed by atoms with Crippen molar-refractivity contribution >= 4 is 0 Å². The summed E-state index contributed by atoms with van der Waals surface area (Å²) in [6.45, 7) is 3.31. The van der Waals surface area contributed by atoms with E-state index in [1.807, 2.05) is 0 Å². The molecule has 17 heavy (non-hydrogen) atoms. The number of hydrogen-bond acceptors (Lipinski definition) is 0. The summed E-state index contributed by atoms with van der Waals surface area (Å²) in [7, 11) is 6.28. The summed E-state index contributed by atoms with van der Waals surface area (Å²) in [5, 5.41) is 0. The molecule has 0 amide bonds. The maximum Gasteiger partial charge on any atom is 0.373 e. The van der Waals surface area contributed by atoms with Gasteiger partial charge in [-0.3, -0.25) is 0 Å². The van der Waals surface area contributed by atoms with Crippen LogP contribution in [0.2, 0.25) is 0 Å². The second-order valence-electron chi connectivity index (χ2n) is 4.62. The van der Waals surface area contributed by atoms with E-state index in [1.165, 1.54) is 24.5 Å². The standard InChI is InChI=1S/C13H22N4/c1-5-6-7-17-11-10-16(4)13(17)12-14(2)8-9-15(12)3/h8-11H,5-7H2,1-4H3/q+2. The zero-order valence-corrected chi connectivity index (χ0v) is 11.2. The molecule has 0 atom stereocenters. The van der Waals surface area contributed by atoms with Crippen LogP contribution in [-0.2, 0) is 27.7 Å². The third-order valence-electron chi connectivity index (χ3n) is 3.21. The van der Waals surface area contributed by atoms with Crippen molar-refractivity contribution in [3.05, 3.63) is 24.8 Å². The highest BCUT2D eigenvalue weighted by Crippen LogP contribution is 2.11. The Morgan fingerprint density at radius 2 is 1.71 bits per heavy atom. The van der Waals surface area contributed by atoms with Crippen LogP contribution in [0.5, 0.6) is 0 Å². The molecule has 4 heteroatoms. The SMILES string of the molecule is CCCCn1cc[n+](C)c1-c1n(C)cc[n+]1C. The van der Waals surface area contributed by atoms with Crippen molar-refractivity contribution in [3.8, 4) is 11.6 Å². The first-order chi connectivity index (χ1) is 8.15. The highest BCUT2D eigenvalue weighted by molar-refractivity contribution is 5.35. The van der Waals surface area contributed by atoms with E-state index >= 15 is 0 Å². The molecule has 92 valence electrons. The van der Waals surface area contributed by atoms with Crippen LogP contribution in [0.4, 0.5) is 0 Å². The van der Waals surface area contributed by atoms with E-state index in [1.54, 1.807) is 0 Å². The molecule has 2 aromatic rings. The van der Waals surface area contributed by atoms with Crippen molar-refractivity contribution in [2.75, 3.05) is 0 Å². The lowest BCUT2D eigenvalue weighted by Gasteiger charge is -2.00. The smallest absolute Gasteiger partial charge is 0.226 e. The predicted molar refractivity (Wildman–Crippen MR) is 66.1 cm³/mol. The summed E-state index contributed by atoms with van der Waals surface area (Å²) >= 11 is 0. The molecule has 0 radical (unpaired) electrons. The van der Waals surface area contributed by atoms with Gasteiger partial charge in [-0.1, -0.05) is 13.3 Å². The molecule has 2 heterocycles. The Hall–Kier alpha value is -1.58. The fourth-order valence-electron chi connectivity index (χ4n) is 2.22. The fraction of sp³-hybridized carbons (Fsp3) is 0.538. The first-order valence-corrected chi connectivity index (χ1v) is 6.21. The first-order valence-electron chi connectivity index (χ1n) is 6.21. The highest BCUT2D eigenvalue weighted by atomic mass is 15.2.